The highest BCUT2D eigenvalue weighted by Gasteiger charge is 2.22. The van der Waals surface area contributed by atoms with E-state index in [1.807, 2.05) is 11.9 Å². The van der Waals surface area contributed by atoms with Crippen LogP contribution in [-0.4, -0.2) is 48.9 Å². The Morgan fingerprint density at radius 2 is 2.22 bits per heavy atom. The molecule has 0 aromatic carbocycles. The molecule has 1 fully saturated rings. The molecule has 1 aliphatic heterocycles. The highest BCUT2D eigenvalue weighted by molar-refractivity contribution is 5.79. The lowest BCUT2D eigenvalue weighted by atomic mass is 9.97. The summed E-state index contributed by atoms with van der Waals surface area (Å²) < 4.78 is 0. The van der Waals surface area contributed by atoms with E-state index in [1.165, 1.54) is 12.1 Å². The molecule has 0 aromatic heterocycles. The number of nitrogens with two attached hydrogens (primary N) is 1. The number of piperidine rings is 1. The van der Waals surface area contributed by atoms with Crippen LogP contribution in [0.3, 0.4) is 0 Å². The molecule has 4 nitrogen and oxygen atoms in total. The van der Waals surface area contributed by atoms with Gasteiger partial charge in [0.2, 0.25) is 5.91 Å². The molecule has 0 unspecified atom stereocenters. The van der Waals surface area contributed by atoms with Crippen molar-refractivity contribution in [3.63, 3.8) is 0 Å². The quantitative estimate of drug-likeness (QED) is 0.816. The Morgan fingerprint density at radius 1 is 1.50 bits per heavy atom. The Morgan fingerprint density at radius 3 is 2.78 bits per heavy atom. The summed E-state index contributed by atoms with van der Waals surface area (Å²) in [4.78, 5) is 16.3. The topological polar surface area (TPSA) is 49.6 Å². The summed E-state index contributed by atoms with van der Waals surface area (Å²) in [7, 11) is 1.91. The van der Waals surface area contributed by atoms with E-state index in [-0.39, 0.29) is 5.91 Å². The van der Waals surface area contributed by atoms with E-state index >= 15 is 0 Å². The van der Waals surface area contributed by atoms with Crippen LogP contribution in [0.4, 0.5) is 0 Å². The number of carbonyl (C=O) groups is 1. The summed E-state index contributed by atoms with van der Waals surface area (Å²) in [5.41, 5.74) is 6.89. The predicted octanol–water partition coefficient (Wildman–Crippen LogP) is 1.18. The fourth-order valence-corrected chi connectivity index (χ4v) is 2.80. The fraction of sp³-hybridized carbons (Fsp3) is 0.786. The maximum atomic E-state index is 12.2. The van der Waals surface area contributed by atoms with Crippen LogP contribution in [-0.2, 0) is 4.79 Å². The van der Waals surface area contributed by atoms with E-state index in [4.69, 9.17) is 5.73 Å². The van der Waals surface area contributed by atoms with Crippen molar-refractivity contribution in [3.05, 3.63) is 11.8 Å². The number of rotatable bonds is 4. The van der Waals surface area contributed by atoms with Crippen LogP contribution in [0.5, 0.6) is 0 Å². The summed E-state index contributed by atoms with van der Waals surface area (Å²) >= 11 is 0. The van der Waals surface area contributed by atoms with Crippen LogP contribution in [0.1, 0.15) is 32.1 Å². The van der Waals surface area contributed by atoms with Gasteiger partial charge in [-0.25, -0.2) is 0 Å². The van der Waals surface area contributed by atoms with Crippen molar-refractivity contribution in [2.75, 3.05) is 33.2 Å². The number of hydrogen-bond donors (Lipinski definition) is 1. The number of likely N-dealkylation sites (tertiary alicyclic amines) is 1. The summed E-state index contributed by atoms with van der Waals surface area (Å²) in [6.07, 6.45) is 7.83. The molecule has 1 heterocycles. The largest absolute Gasteiger partial charge is 0.330 e. The van der Waals surface area contributed by atoms with Crippen molar-refractivity contribution in [2.24, 2.45) is 11.7 Å². The Labute approximate surface area is 110 Å². The molecule has 2 N–H and O–H groups in total. The van der Waals surface area contributed by atoms with Gasteiger partial charge in [-0.2, -0.15) is 0 Å². The zero-order valence-electron chi connectivity index (χ0n) is 11.4. The Hall–Kier alpha value is -0.870. The van der Waals surface area contributed by atoms with Crippen LogP contribution in [0.25, 0.3) is 0 Å². The Balaban J connectivity index is 1.77. The molecule has 4 heteroatoms. The zero-order valence-corrected chi connectivity index (χ0v) is 11.4. The second-order valence-corrected chi connectivity index (χ2v) is 5.50. The second-order valence-electron chi connectivity index (χ2n) is 5.50. The van der Waals surface area contributed by atoms with Crippen LogP contribution in [0.2, 0.25) is 0 Å². The first kappa shape index (κ1) is 13.6. The minimum Gasteiger partial charge on any atom is -0.330 e. The van der Waals surface area contributed by atoms with Crippen molar-refractivity contribution in [2.45, 2.75) is 32.1 Å². The molecular formula is C14H25N3O. The molecule has 1 aliphatic carbocycles. The molecule has 1 amide bonds. The number of allylic oxidation sites excluding steroid dienone is 2. The first-order chi connectivity index (χ1) is 8.70. The fourth-order valence-electron chi connectivity index (χ4n) is 2.80. The molecule has 0 saturated carbocycles. The van der Waals surface area contributed by atoms with Gasteiger partial charge in [0, 0.05) is 12.7 Å². The van der Waals surface area contributed by atoms with Gasteiger partial charge in [0.1, 0.15) is 0 Å². The lowest BCUT2D eigenvalue weighted by Gasteiger charge is -2.32. The average molecular weight is 251 g/mol. The smallest absolute Gasteiger partial charge is 0.240 e. The molecule has 0 bridgehead atoms. The molecule has 0 radical (unpaired) electrons. The van der Waals surface area contributed by atoms with Crippen molar-refractivity contribution in [3.8, 4) is 0 Å². The van der Waals surface area contributed by atoms with E-state index in [0.717, 1.165) is 45.3 Å². The van der Waals surface area contributed by atoms with E-state index < -0.39 is 0 Å². The molecule has 18 heavy (non-hydrogen) atoms. The standard InChI is InChI=1S/C14H25N3O/c1-16(13-4-2-3-5-13)14(18)11-17-8-6-12(10-15)7-9-17/h4,12H,2-3,5-11,15H2,1H3. The van der Waals surface area contributed by atoms with Gasteiger partial charge in [0.25, 0.3) is 0 Å². The number of likely N-dealkylation sites (N-methyl/N-ethyl adjacent to an activating group) is 1. The summed E-state index contributed by atoms with van der Waals surface area (Å²) in [6, 6.07) is 0. The van der Waals surface area contributed by atoms with Gasteiger partial charge in [-0.15, -0.1) is 0 Å². The van der Waals surface area contributed by atoms with E-state index in [1.54, 1.807) is 0 Å². The minimum absolute atomic E-state index is 0.231. The summed E-state index contributed by atoms with van der Waals surface area (Å²) in [6.45, 7) is 3.38. The number of nitrogens with zero attached hydrogens (tertiary/aromatic N) is 2. The van der Waals surface area contributed by atoms with Crippen LogP contribution < -0.4 is 5.73 Å². The third-order valence-corrected chi connectivity index (χ3v) is 4.22. The third kappa shape index (κ3) is 3.33. The van der Waals surface area contributed by atoms with Gasteiger partial charge in [-0.3, -0.25) is 9.69 Å². The molecule has 0 atom stereocenters. The third-order valence-electron chi connectivity index (χ3n) is 4.22. The van der Waals surface area contributed by atoms with Crippen LogP contribution >= 0.6 is 0 Å². The normalized spacial score (nSPS) is 22.0. The van der Waals surface area contributed by atoms with Gasteiger partial charge in [-0.05, 0) is 57.7 Å². The van der Waals surface area contributed by atoms with E-state index in [0.29, 0.717) is 12.5 Å². The predicted molar refractivity (Wildman–Crippen MR) is 72.9 cm³/mol. The Bertz CT molecular complexity index is 319. The van der Waals surface area contributed by atoms with Crippen molar-refractivity contribution >= 4 is 5.91 Å². The number of amides is 1. The average Bonchev–Trinajstić information content (AvgIpc) is 2.92. The van der Waals surface area contributed by atoms with Crippen LogP contribution in [0.15, 0.2) is 11.8 Å². The molecular weight excluding hydrogens is 226 g/mol. The maximum absolute atomic E-state index is 12.2. The highest BCUT2D eigenvalue weighted by atomic mass is 16.2. The first-order valence-corrected chi connectivity index (χ1v) is 7.08. The van der Waals surface area contributed by atoms with E-state index in [9.17, 15) is 4.79 Å². The number of carbonyl (C=O) groups excluding carboxylic acids is 1. The van der Waals surface area contributed by atoms with Crippen molar-refractivity contribution in [1.82, 2.24) is 9.80 Å². The van der Waals surface area contributed by atoms with Gasteiger partial charge >= 0.3 is 0 Å². The lowest BCUT2D eigenvalue weighted by molar-refractivity contribution is -0.129. The van der Waals surface area contributed by atoms with Crippen molar-refractivity contribution < 1.29 is 4.79 Å². The molecule has 0 spiro atoms. The molecule has 2 aliphatic rings. The first-order valence-electron chi connectivity index (χ1n) is 7.08. The second kappa shape index (κ2) is 6.34. The van der Waals surface area contributed by atoms with Gasteiger partial charge in [0.15, 0.2) is 0 Å². The molecule has 2 rings (SSSR count). The van der Waals surface area contributed by atoms with Crippen molar-refractivity contribution in [1.29, 1.82) is 0 Å². The minimum atomic E-state index is 0.231. The Kier molecular flexibility index (Phi) is 4.78. The molecule has 102 valence electrons. The summed E-state index contributed by atoms with van der Waals surface area (Å²) in [5, 5.41) is 0. The molecule has 0 aromatic rings. The maximum Gasteiger partial charge on any atom is 0.240 e. The van der Waals surface area contributed by atoms with Gasteiger partial charge in [-0.1, -0.05) is 6.08 Å². The van der Waals surface area contributed by atoms with Crippen LogP contribution in [0, 0.1) is 5.92 Å². The van der Waals surface area contributed by atoms with Gasteiger partial charge in [0.05, 0.1) is 6.54 Å². The van der Waals surface area contributed by atoms with Gasteiger partial charge < -0.3 is 10.6 Å². The number of hydrogen-bond acceptors (Lipinski definition) is 3. The van der Waals surface area contributed by atoms with E-state index in [2.05, 4.69) is 11.0 Å². The monoisotopic (exact) mass is 251 g/mol. The SMILES string of the molecule is CN(C(=O)CN1CCC(CN)CC1)C1=CCCC1. The molecule has 1 saturated heterocycles. The lowest BCUT2D eigenvalue weighted by Crippen LogP contribution is -2.42. The highest BCUT2D eigenvalue weighted by Crippen LogP contribution is 2.21. The zero-order chi connectivity index (χ0) is 13.0. The summed E-state index contributed by atoms with van der Waals surface area (Å²) in [5.74, 6) is 0.890.